The molecular formula is C17H27N3O2. The number of amides is 2. The van der Waals surface area contributed by atoms with Crippen molar-refractivity contribution in [3.63, 3.8) is 0 Å². The quantitative estimate of drug-likeness (QED) is 0.667. The molecule has 5 nitrogen and oxygen atoms in total. The molecule has 1 heterocycles. The molecule has 122 valence electrons. The smallest absolute Gasteiger partial charge is 0.314 e. The van der Waals surface area contributed by atoms with Crippen LogP contribution in [0.5, 0.6) is 0 Å². The van der Waals surface area contributed by atoms with Gasteiger partial charge in [0.1, 0.15) is 0 Å². The van der Waals surface area contributed by atoms with Crippen LogP contribution in [0.2, 0.25) is 0 Å². The van der Waals surface area contributed by atoms with Crippen molar-refractivity contribution in [1.82, 2.24) is 15.5 Å². The van der Waals surface area contributed by atoms with E-state index in [0.717, 1.165) is 32.5 Å². The Hall–Kier alpha value is -1.59. The van der Waals surface area contributed by atoms with Crippen LogP contribution in [0.4, 0.5) is 4.79 Å². The van der Waals surface area contributed by atoms with Crippen LogP contribution >= 0.6 is 0 Å². The molecule has 2 amide bonds. The maximum atomic E-state index is 11.6. The topological polar surface area (TPSA) is 64.6 Å². The SMILES string of the molecule is CC(CO)CNC(=O)NCCCN1CCc2ccccc2C1. The Morgan fingerprint density at radius 2 is 2.09 bits per heavy atom. The predicted octanol–water partition coefficient (Wildman–Crippen LogP) is 1.36. The van der Waals surface area contributed by atoms with Gasteiger partial charge in [-0.05, 0) is 29.9 Å². The summed E-state index contributed by atoms with van der Waals surface area (Å²) in [5.41, 5.74) is 2.90. The molecule has 0 radical (unpaired) electrons. The Labute approximate surface area is 132 Å². The maximum Gasteiger partial charge on any atom is 0.314 e. The highest BCUT2D eigenvalue weighted by Crippen LogP contribution is 2.18. The van der Waals surface area contributed by atoms with E-state index in [4.69, 9.17) is 5.11 Å². The fourth-order valence-corrected chi connectivity index (χ4v) is 2.64. The molecule has 1 atom stereocenters. The molecule has 0 fully saturated rings. The molecule has 5 heteroatoms. The number of rotatable bonds is 7. The lowest BCUT2D eigenvalue weighted by atomic mass is 10.00. The second-order valence-electron chi connectivity index (χ2n) is 6.07. The van der Waals surface area contributed by atoms with Crippen molar-refractivity contribution in [2.75, 3.05) is 32.8 Å². The number of nitrogens with one attached hydrogen (secondary N) is 2. The predicted molar refractivity (Wildman–Crippen MR) is 87.7 cm³/mol. The molecule has 1 aromatic carbocycles. The van der Waals surface area contributed by atoms with E-state index in [9.17, 15) is 4.79 Å². The lowest BCUT2D eigenvalue weighted by molar-refractivity contribution is 0.220. The molecule has 0 saturated heterocycles. The second kappa shape index (κ2) is 8.76. The van der Waals surface area contributed by atoms with Crippen molar-refractivity contribution in [3.8, 4) is 0 Å². The molecule has 3 N–H and O–H groups in total. The van der Waals surface area contributed by atoms with Gasteiger partial charge in [-0.1, -0.05) is 31.2 Å². The van der Waals surface area contributed by atoms with Gasteiger partial charge in [-0.2, -0.15) is 0 Å². The minimum atomic E-state index is -0.149. The van der Waals surface area contributed by atoms with Crippen LogP contribution in [0, 0.1) is 5.92 Å². The van der Waals surface area contributed by atoms with Gasteiger partial charge in [0.2, 0.25) is 0 Å². The highest BCUT2D eigenvalue weighted by atomic mass is 16.3. The number of carbonyl (C=O) groups excluding carboxylic acids is 1. The van der Waals surface area contributed by atoms with Gasteiger partial charge in [0.05, 0.1) is 0 Å². The summed E-state index contributed by atoms with van der Waals surface area (Å²) < 4.78 is 0. The molecule has 0 spiro atoms. The Morgan fingerprint density at radius 1 is 1.32 bits per heavy atom. The van der Waals surface area contributed by atoms with E-state index in [1.807, 2.05) is 6.92 Å². The number of benzene rings is 1. The molecule has 0 bridgehead atoms. The van der Waals surface area contributed by atoms with Crippen molar-refractivity contribution in [3.05, 3.63) is 35.4 Å². The summed E-state index contributed by atoms with van der Waals surface area (Å²) in [6.07, 6.45) is 2.06. The first kappa shape index (κ1) is 16.8. The number of nitrogens with zero attached hydrogens (tertiary/aromatic N) is 1. The minimum absolute atomic E-state index is 0.0940. The first-order valence-corrected chi connectivity index (χ1v) is 8.10. The highest BCUT2D eigenvalue weighted by molar-refractivity contribution is 5.73. The molecule has 0 aliphatic carbocycles. The molecule has 0 aromatic heterocycles. The van der Waals surface area contributed by atoms with E-state index in [2.05, 4.69) is 39.8 Å². The molecule has 22 heavy (non-hydrogen) atoms. The van der Waals surface area contributed by atoms with E-state index in [1.165, 1.54) is 11.1 Å². The van der Waals surface area contributed by atoms with Crippen LogP contribution in [-0.4, -0.2) is 48.8 Å². The van der Waals surface area contributed by atoms with E-state index in [0.29, 0.717) is 13.1 Å². The molecule has 1 unspecified atom stereocenters. The van der Waals surface area contributed by atoms with E-state index in [1.54, 1.807) is 0 Å². The highest BCUT2D eigenvalue weighted by Gasteiger charge is 2.14. The molecular weight excluding hydrogens is 278 g/mol. The Balaban J connectivity index is 1.59. The van der Waals surface area contributed by atoms with Crippen molar-refractivity contribution in [1.29, 1.82) is 0 Å². The van der Waals surface area contributed by atoms with Crippen LogP contribution in [0.15, 0.2) is 24.3 Å². The Kier molecular flexibility index (Phi) is 6.68. The van der Waals surface area contributed by atoms with E-state index >= 15 is 0 Å². The zero-order valence-corrected chi connectivity index (χ0v) is 13.3. The summed E-state index contributed by atoms with van der Waals surface area (Å²) in [5, 5.41) is 14.5. The van der Waals surface area contributed by atoms with Crippen LogP contribution in [0.1, 0.15) is 24.5 Å². The molecule has 1 aliphatic heterocycles. The third-order valence-corrected chi connectivity index (χ3v) is 4.07. The lowest BCUT2D eigenvalue weighted by Crippen LogP contribution is -2.40. The van der Waals surface area contributed by atoms with Gasteiger partial charge in [-0.25, -0.2) is 4.79 Å². The van der Waals surface area contributed by atoms with E-state index in [-0.39, 0.29) is 18.6 Å². The zero-order valence-electron chi connectivity index (χ0n) is 13.3. The molecule has 0 saturated carbocycles. The fourth-order valence-electron chi connectivity index (χ4n) is 2.64. The van der Waals surface area contributed by atoms with Gasteiger partial charge in [-0.3, -0.25) is 4.90 Å². The van der Waals surface area contributed by atoms with Gasteiger partial charge in [0, 0.05) is 39.3 Å². The summed E-state index contributed by atoms with van der Waals surface area (Å²) in [5.74, 6) is 0.0965. The van der Waals surface area contributed by atoms with Gasteiger partial charge >= 0.3 is 6.03 Å². The molecule has 2 rings (SSSR count). The summed E-state index contributed by atoms with van der Waals surface area (Å²) >= 11 is 0. The van der Waals surface area contributed by atoms with E-state index < -0.39 is 0 Å². The van der Waals surface area contributed by atoms with Gasteiger partial charge in [0.25, 0.3) is 0 Å². The fraction of sp³-hybridized carbons (Fsp3) is 0.588. The number of aliphatic hydroxyl groups is 1. The number of urea groups is 1. The summed E-state index contributed by atoms with van der Waals surface area (Å²) in [6, 6.07) is 8.47. The van der Waals surface area contributed by atoms with Crippen molar-refractivity contribution < 1.29 is 9.90 Å². The van der Waals surface area contributed by atoms with Gasteiger partial charge in [-0.15, -0.1) is 0 Å². The Morgan fingerprint density at radius 3 is 2.86 bits per heavy atom. The normalized spacial score (nSPS) is 15.9. The summed E-state index contributed by atoms with van der Waals surface area (Å²) in [6.45, 7) is 6.28. The number of fused-ring (bicyclic) bond motifs is 1. The van der Waals surface area contributed by atoms with Gasteiger partial charge in [0.15, 0.2) is 0 Å². The summed E-state index contributed by atoms with van der Waals surface area (Å²) in [7, 11) is 0. The Bertz CT molecular complexity index is 479. The number of hydrogen-bond acceptors (Lipinski definition) is 3. The second-order valence-corrected chi connectivity index (χ2v) is 6.07. The lowest BCUT2D eigenvalue weighted by Gasteiger charge is -2.28. The largest absolute Gasteiger partial charge is 0.396 e. The van der Waals surface area contributed by atoms with Gasteiger partial charge < -0.3 is 15.7 Å². The zero-order chi connectivity index (χ0) is 15.8. The first-order chi connectivity index (χ1) is 10.7. The number of hydrogen-bond donors (Lipinski definition) is 3. The van der Waals surface area contributed by atoms with Crippen LogP contribution in [0.25, 0.3) is 0 Å². The molecule has 1 aromatic rings. The van der Waals surface area contributed by atoms with Crippen molar-refractivity contribution >= 4 is 6.03 Å². The third-order valence-electron chi connectivity index (χ3n) is 4.07. The first-order valence-electron chi connectivity index (χ1n) is 8.10. The molecule has 1 aliphatic rings. The number of carbonyl (C=O) groups is 1. The monoisotopic (exact) mass is 305 g/mol. The number of aliphatic hydroxyl groups excluding tert-OH is 1. The average Bonchev–Trinajstić information content (AvgIpc) is 2.56. The summed E-state index contributed by atoms with van der Waals surface area (Å²) in [4.78, 5) is 14.0. The van der Waals surface area contributed by atoms with Crippen molar-refractivity contribution in [2.24, 2.45) is 5.92 Å². The van der Waals surface area contributed by atoms with Crippen LogP contribution in [0.3, 0.4) is 0 Å². The average molecular weight is 305 g/mol. The minimum Gasteiger partial charge on any atom is -0.396 e. The van der Waals surface area contributed by atoms with Crippen molar-refractivity contribution in [2.45, 2.75) is 26.3 Å². The maximum absolute atomic E-state index is 11.6. The van der Waals surface area contributed by atoms with Crippen LogP contribution in [-0.2, 0) is 13.0 Å². The van der Waals surface area contributed by atoms with Crippen LogP contribution < -0.4 is 10.6 Å². The third kappa shape index (κ3) is 5.31. The standard InChI is InChI=1S/C17H27N3O2/c1-14(13-21)11-19-17(22)18-8-4-9-20-10-7-15-5-2-3-6-16(15)12-20/h2-3,5-6,14,21H,4,7-13H2,1H3,(H2,18,19,22).